The Bertz CT molecular complexity index is 668. The van der Waals surface area contributed by atoms with Gasteiger partial charge in [0, 0.05) is 10.5 Å². The summed E-state index contributed by atoms with van der Waals surface area (Å²) >= 11 is 0. The fourth-order valence-electron chi connectivity index (χ4n) is 1.77. The van der Waals surface area contributed by atoms with Gasteiger partial charge in [0.05, 0.1) is 4.90 Å². The number of rotatable bonds is 4. The predicted molar refractivity (Wildman–Crippen MR) is 69.8 cm³/mol. The molecule has 0 aliphatic carbocycles. The quantitative estimate of drug-likeness (QED) is 0.635. The highest BCUT2D eigenvalue weighted by Gasteiger charge is 2.38. The summed E-state index contributed by atoms with van der Waals surface area (Å²) in [6.07, 6.45) is 0. The molecule has 0 aliphatic rings. The van der Waals surface area contributed by atoms with Crippen LogP contribution in [0.4, 0.5) is 0 Å². The van der Waals surface area contributed by atoms with Crippen LogP contribution in [0.5, 0.6) is 0 Å². The van der Waals surface area contributed by atoms with Gasteiger partial charge in [-0.05, 0) is 12.1 Å². The summed E-state index contributed by atoms with van der Waals surface area (Å²) in [5.74, 6) is 0. The number of hydrogen-bond acceptors (Lipinski definition) is 4. The average Bonchev–Trinajstić information content (AvgIpc) is 2.40. The van der Waals surface area contributed by atoms with Crippen LogP contribution in [0.1, 0.15) is 10.9 Å². The van der Waals surface area contributed by atoms with Crippen LogP contribution in [0.3, 0.4) is 0 Å². The molecule has 0 saturated heterocycles. The number of benzene rings is 2. The first-order valence-corrected chi connectivity index (χ1v) is 7.05. The van der Waals surface area contributed by atoms with E-state index in [1.54, 1.807) is 24.3 Å². The summed E-state index contributed by atoms with van der Waals surface area (Å²) < 4.78 is 24.7. The monoisotopic (exact) mass is 277 g/mol. The maximum Gasteiger partial charge on any atom is 0.339 e. The minimum Gasteiger partial charge on any atom is -0.263 e. The van der Waals surface area contributed by atoms with Crippen molar-refractivity contribution in [3.8, 4) is 0 Å². The highest BCUT2D eigenvalue weighted by molar-refractivity contribution is 7.91. The van der Waals surface area contributed by atoms with Gasteiger partial charge in [-0.15, -0.1) is 0 Å². The number of sulfone groups is 1. The summed E-state index contributed by atoms with van der Waals surface area (Å²) in [5, 5.41) is 9.36. The molecule has 1 atom stereocenters. The lowest BCUT2D eigenvalue weighted by molar-refractivity contribution is -0.502. The summed E-state index contributed by atoms with van der Waals surface area (Å²) in [6, 6.07) is 15.1. The zero-order valence-corrected chi connectivity index (χ0v) is 10.7. The molecule has 2 rings (SSSR count). The van der Waals surface area contributed by atoms with E-state index in [4.69, 9.17) is 0 Å². The zero-order valence-electron chi connectivity index (χ0n) is 9.84. The van der Waals surface area contributed by atoms with Crippen molar-refractivity contribution in [1.29, 1.82) is 0 Å². The standard InChI is InChI=1S/C13H11NO4S/c15-14(16)13(11-7-3-1-4-8-11)19(17,18)12-9-5-2-6-10-12/h1-10,13H/t13-/m0/s1. The lowest BCUT2D eigenvalue weighted by atomic mass is 10.2. The van der Waals surface area contributed by atoms with Crippen LogP contribution < -0.4 is 0 Å². The van der Waals surface area contributed by atoms with E-state index in [1.807, 2.05) is 0 Å². The van der Waals surface area contributed by atoms with Crippen molar-refractivity contribution in [2.75, 3.05) is 0 Å². The lowest BCUT2D eigenvalue weighted by Crippen LogP contribution is -2.21. The van der Waals surface area contributed by atoms with Crippen molar-refractivity contribution < 1.29 is 13.3 Å². The van der Waals surface area contributed by atoms with E-state index >= 15 is 0 Å². The minimum absolute atomic E-state index is 0.0550. The molecule has 19 heavy (non-hydrogen) atoms. The Balaban J connectivity index is 2.55. The number of nitrogens with zero attached hydrogens (tertiary/aromatic N) is 1. The molecular formula is C13H11NO4S. The second-order valence-corrected chi connectivity index (χ2v) is 5.91. The Morgan fingerprint density at radius 3 is 1.84 bits per heavy atom. The van der Waals surface area contributed by atoms with Gasteiger partial charge in [-0.2, -0.15) is 0 Å². The molecule has 0 heterocycles. The molecule has 0 radical (unpaired) electrons. The second-order valence-electron chi connectivity index (χ2n) is 3.91. The molecule has 0 amide bonds. The SMILES string of the molecule is O=[N+]([O-])[C@H](c1ccccc1)S(=O)(=O)c1ccccc1. The fourth-order valence-corrected chi connectivity index (χ4v) is 3.31. The van der Waals surface area contributed by atoms with Gasteiger partial charge in [-0.25, -0.2) is 8.42 Å². The topological polar surface area (TPSA) is 77.3 Å². The Morgan fingerprint density at radius 1 is 0.895 bits per heavy atom. The maximum absolute atomic E-state index is 12.3. The van der Waals surface area contributed by atoms with E-state index < -0.39 is 20.1 Å². The van der Waals surface area contributed by atoms with Crippen LogP contribution in [-0.2, 0) is 9.84 Å². The van der Waals surface area contributed by atoms with Crippen molar-refractivity contribution in [1.82, 2.24) is 0 Å². The van der Waals surface area contributed by atoms with E-state index in [1.165, 1.54) is 36.4 Å². The minimum atomic E-state index is -4.05. The molecule has 0 bridgehead atoms. The van der Waals surface area contributed by atoms with Crippen LogP contribution in [0.15, 0.2) is 65.6 Å². The number of hydrogen-bond donors (Lipinski definition) is 0. The molecule has 0 fully saturated rings. The fraction of sp³-hybridized carbons (Fsp3) is 0.0769. The van der Waals surface area contributed by atoms with Crippen LogP contribution in [-0.4, -0.2) is 13.3 Å². The summed E-state index contributed by atoms with van der Waals surface area (Å²) in [4.78, 5) is 10.3. The lowest BCUT2D eigenvalue weighted by Gasteiger charge is -2.10. The molecule has 6 heteroatoms. The highest BCUT2D eigenvalue weighted by atomic mass is 32.2. The Labute approximate surface area is 110 Å². The van der Waals surface area contributed by atoms with Crippen LogP contribution >= 0.6 is 0 Å². The van der Waals surface area contributed by atoms with Gasteiger partial charge in [0.15, 0.2) is 0 Å². The van der Waals surface area contributed by atoms with Gasteiger partial charge in [0.1, 0.15) is 0 Å². The van der Waals surface area contributed by atoms with Crippen molar-refractivity contribution in [2.24, 2.45) is 0 Å². The Morgan fingerprint density at radius 2 is 1.37 bits per heavy atom. The smallest absolute Gasteiger partial charge is 0.263 e. The number of nitro groups is 1. The van der Waals surface area contributed by atoms with Crippen LogP contribution in [0.25, 0.3) is 0 Å². The van der Waals surface area contributed by atoms with Crippen LogP contribution in [0.2, 0.25) is 0 Å². The predicted octanol–water partition coefficient (Wildman–Crippen LogP) is 2.44. The molecule has 0 aromatic heterocycles. The third-order valence-electron chi connectivity index (χ3n) is 2.64. The van der Waals surface area contributed by atoms with Gasteiger partial charge in [0.2, 0.25) is 0 Å². The van der Waals surface area contributed by atoms with Gasteiger partial charge >= 0.3 is 5.37 Å². The molecule has 0 unspecified atom stereocenters. The zero-order chi connectivity index (χ0) is 13.9. The summed E-state index contributed by atoms with van der Waals surface area (Å²) in [6.45, 7) is 0. The molecule has 0 saturated carbocycles. The van der Waals surface area contributed by atoms with E-state index in [0.717, 1.165) is 0 Å². The van der Waals surface area contributed by atoms with Crippen molar-refractivity contribution in [2.45, 2.75) is 10.3 Å². The van der Waals surface area contributed by atoms with Gasteiger partial charge in [-0.1, -0.05) is 48.5 Å². The molecule has 0 N–H and O–H groups in total. The maximum atomic E-state index is 12.3. The highest BCUT2D eigenvalue weighted by Crippen LogP contribution is 2.28. The van der Waals surface area contributed by atoms with E-state index in [0.29, 0.717) is 0 Å². The average molecular weight is 277 g/mol. The van der Waals surface area contributed by atoms with Crippen LogP contribution in [0, 0.1) is 10.1 Å². The second kappa shape index (κ2) is 5.19. The Hall–Kier alpha value is -2.21. The van der Waals surface area contributed by atoms with E-state index in [-0.39, 0.29) is 10.5 Å². The first-order chi connectivity index (χ1) is 9.03. The normalized spacial score (nSPS) is 12.8. The molecule has 2 aromatic carbocycles. The van der Waals surface area contributed by atoms with Crippen molar-refractivity contribution in [3.05, 3.63) is 76.3 Å². The molecule has 0 aliphatic heterocycles. The van der Waals surface area contributed by atoms with Crippen molar-refractivity contribution >= 4 is 9.84 Å². The van der Waals surface area contributed by atoms with Gasteiger partial charge < -0.3 is 0 Å². The molecular weight excluding hydrogens is 266 g/mol. The summed E-state index contributed by atoms with van der Waals surface area (Å²) in [7, 11) is -4.05. The largest absolute Gasteiger partial charge is 0.339 e. The van der Waals surface area contributed by atoms with Crippen molar-refractivity contribution in [3.63, 3.8) is 0 Å². The van der Waals surface area contributed by atoms with Gasteiger partial charge in [-0.3, -0.25) is 10.1 Å². The third kappa shape index (κ3) is 2.63. The molecule has 98 valence electrons. The van der Waals surface area contributed by atoms with E-state index in [2.05, 4.69) is 0 Å². The van der Waals surface area contributed by atoms with E-state index in [9.17, 15) is 18.5 Å². The first-order valence-electron chi connectivity index (χ1n) is 5.51. The summed E-state index contributed by atoms with van der Waals surface area (Å²) in [5.41, 5.74) is 0.149. The Kier molecular flexibility index (Phi) is 3.62. The molecule has 5 nitrogen and oxygen atoms in total. The molecule has 2 aromatic rings. The molecule has 0 spiro atoms. The third-order valence-corrected chi connectivity index (χ3v) is 4.60. The van der Waals surface area contributed by atoms with Gasteiger partial charge in [0.25, 0.3) is 9.84 Å². The first kappa shape index (κ1) is 13.2.